The normalized spacial score (nSPS) is 22.4. The van der Waals surface area contributed by atoms with Gasteiger partial charge in [0.1, 0.15) is 0 Å². The minimum absolute atomic E-state index is 0.508. The number of nitrogens with one attached hydrogen (secondary N) is 1. The van der Waals surface area contributed by atoms with Crippen LogP contribution in [0.2, 0.25) is 0 Å². The van der Waals surface area contributed by atoms with E-state index in [4.69, 9.17) is 5.84 Å². The first-order valence-electron chi connectivity index (χ1n) is 6.62. The van der Waals surface area contributed by atoms with Crippen LogP contribution in [0.15, 0.2) is 0 Å². The zero-order chi connectivity index (χ0) is 11.3. The van der Waals surface area contributed by atoms with Gasteiger partial charge in [0, 0.05) is 6.04 Å². The molecular formula is C13H28N2. The molecule has 0 bridgehead atoms. The number of unbranched alkanes of at least 4 members (excludes halogenated alkanes) is 1. The highest BCUT2D eigenvalue weighted by Crippen LogP contribution is 2.49. The van der Waals surface area contributed by atoms with Crippen molar-refractivity contribution in [2.24, 2.45) is 17.2 Å². The Morgan fingerprint density at radius 3 is 2.40 bits per heavy atom. The van der Waals surface area contributed by atoms with Gasteiger partial charge in [-0.25, -0.2) is 0 Å². The van der Waals surface area contributed by atoms with E-state index in [-0.39, 0.29) is 0 Å². The molecule has 0 aromatic rings. The van der Waals surface area contributed by atoms with E-state index < -0.39 is 0 Å². The minimum atomic E-state index is 0.508. The van der Waals surface area contributed by atoms with E-state index in [9.17, 15) is 0 Å². The largest absolute Gasteiger partial charge is 0.271 e. The molecule has 1 aliphatic carbocycles. The Morgan fingerprint density at radius 2 is 2.00 bits per heavy atom. The summed E-state index contributed by atoms with van der Waals surface area (Å²) in [6.45, 7) is 6.95. The van der Waals surface area contributed by atoms with Gasteiger partial charge < -0.3 is 0 Å². The zero-order valence-corrected chi connectivity index (χ0v) is 10.7. The van der Waals surface area contributed by atoms with Crippen molar-refractivity contribution in [2.45, 2.75) is 71.8 Å². The lowest BCUT2D eigenvalue weighted by molar-refractivity contribution is 0.275. The summed E-state index contributed by atoms with van der Waals surface area (Å²) < 4.78 is 0. The molecule has 15 heavy (non-hydrogen) atoms. The van der Waals surface area contributed by atoms with Crippen LogP contribution < -0.4 is 11.3 Å². The first kappa shape index (κ1) is 13.0. The van der Waals surface area contributed by atoms with E-state index in [1.54, 1.807) is 0 Å². The van der Waals surface area contributed by atoms with Gasteiger partial charge in [-0.05, 0) is 30.6 Å². The van der Waals surface area contributed by atoms with Crippen molar-refractivity contribution in [3.05, 3.63) is 0 Å². The van der Waals surface area contributed by atoms with E-state index in [2.05, 4.69) is 26.2 Å². The Labute approximate surface area is 95.0 Å². The monoisotopic (exact) mass is 212 g/mol. The van der Waals surface area contributed by atoms with Gasteiger partial charge in [-0.2, -0.15) is 0 Å². The standard InChI is InChI=1S/C13H28N2/c1-4-6-7-11(5-2)10-12(15-14)13(3)8-9-13/h11-12,15H,4-10,14H2,1-3H3. The van der Waals surface area contributed by atoms with E-state index in [1.807, 2.05) is 0 Å². The Balaban J connectivity index is 2.34. The number of hydrogen-bond acceptors (Lipinski definition) is 2. The van der Waals surface area contributed by atoms with Gasteiger partial charge in [0.15, 0.2) is 0 Å². The molecule has 3 N–H and O–H groups in total. The molecule has 0 heterocycles. The molecule has 0 aromatic heterocycles. The van der Waals surface area contributed by atoms with Gasteiger partial charge in [0.2, 0.25) is 0 Å². The lowest BCUT2D eigenvalue weighted by atomic mass is 9.86. The summed E-state index contributed by atoms with van der Waals surface area (Å²) in [7, 11) is 0. The molecule has 2 heteroatoms. The summed E-state index contributed by atoms with van der Waals surface area (Å²) >= 11 is 0. The molecule has 0 saturated heterocycles. The number of hydrazine groups is 1. The van der Waals surface area contributed by atoms with Gasteiger partial charge in [-0.3, -0.25) is 11.3 Å². The number of hydrogen-bond donors (Lipinski definition) is 2. The highest BCUT2D eigenvalue weighted by molar-refractivity contribution is 4.98. The third-order valence-electron chi connectivity index (χ3n) is 4.19. The highest BCUT2D eigenvalue weighted by atomic mass is 15.2. The molecule has 2 nitrogen and oxygen atoms in total. The fraction of sp³-hybridized carbons (Fsp3) is 1.00. The van der Waals surface area contributed by atoms with Crippen LogP contribution in [-0.4, -0.2) is 6.04 Å². The smallest absolute Gasteiger partial charge is 0.0266 e. The average Bonchev–Trinajstić information content (AvgIpc) is 2.98. The summed E-state index contributed by atoms with van der Waals surface area (Å²) in [5.41, 5.74) is 3.55. The van der Waals surface area contributed by atoms with Crippen LogP contribution in [0.5, 0.6) is 0 Å². The minimum Gasteiger partial charge on any atom is -0.271 e. The molecule has 2 unspecified atom stereocenters. The summed E-state index contributed by atoms with van der Waals surface area (Å²) in [4.78, 5) is 0. The van der Waals surface area contributed by atoms with Gasteiger partial charge in [-0.1, -0.05) is 46.5 Å². The van der Waals surface area contributed by atoms with Crippen molar-refractivity contribution >= 4 is 0 Å². The molecule has 90 valence electrons. The van der Waals surface area contributed by atoms with Gasteiger partial charge in [-0.15, -0.1) is 0 Å². The molecule has 1 saturated carbocycles. The van der Waals surface area contributed by atoms with Crippen LogP contribution in [0.25, 0.3) is 0 Å². The second-order valence-electron chi connectivity index (χ2n) is 5.53. The summed E-state index contributed by atoms with van der Waals surface area (Å²) in [5.74, 6) is 6.54. The van der Waals surface area contributed by atoms with E-state index >= 15 is 0 Å². The van der Waals surface area contributed by atoms with Crippen LogP contribution >= 0.6 is 0 Å². The SMILES string of the molecule is CCCCC(CC)CC(NN)C1(C)CC1. The second-order valence-corrected chi connectivity index (χ2v) is 5.53. The van der Waals surface area contributed by atoms with Crippen molar-refractivity contribution in [2.75, 3.05) is 0 Å². The Kier molecular flexibility index (Phi) is 5.07. The predicted molar refractivity (Wildman–Crippen MR) is 66.4 cm³/mol. The molecule has 1 rings (SSSR count). The molecule has 0 amide bonds. The maximum atomic E-state index is 5.68. The Hall–Kier alpha value is -0.0800. The zero-order valence-electron chi connectivity index (χ0n) is 10.7. The van der Waals surface area contributed by atoms with E-state index in [0.29, 0.717) is 11.5 Å². The summed E-state index contributed by atoms with van der Waals surface area (Å²) in [5, 5.41) is 0. The lowest BCUT2D eigenvalue weighted by Gasteiger charge is -2.27. The third kappa shape index (κ3) is 3.76. The van der Waals surface area contributed by atoms with Gasteiger partial charge in [0.05, 0.1) is 0 Å². The molecular weight excluding hydrogens is 184 g/mol. The average molecular weight is 212 g/mol. The van der Waals surface area contributed by atoms with Crippen molar-refractivity contribution < 1.29 is 0 Å². The number of rotatable bonds is 8. The molecule has 0 spiro atoms. The van der Waals surface area contributed by atoms with Crippen LogP contribution in [-0.2, 0) is 0 Å². The van der Waals surface area contributed by atoms with Crippen LogP contribution in [0.3, 0.4) is 0 Å². The van der Waals surface area contributed by atoms with Gasteiger partial charge in [0.25, 0.3) is 0 Å². The van der Waals surface area contributed by atoms with Gasteiger partial charge >= 0.3 is 0 Å². The Morgan fingerprint density at radius 1 is 1.33 bits per heavy atom. The van der Waals surface area contributed by atoms with E-state index in [0.717, 1.165) is 5.92 Å². The maximum Gasteiger partial charge on any atom is 0.0266 e. The first-order chi connectivity index (χ1) is 7.16. The fourth-order valence-corrected chi connectivity index (χ4v) is 2.41. The topological polar surface area (TPSA) is 38.0 Å². The molecule has 1 aliphatic rings. The maximum absolute atomic E-state index is 5.68. The molecule has 0 aliphatic heterocycles. The van der Waals surface area contributed by atoms with Crippen LogP contribution in [0.4, 0.5) is 0 Å². The molecule has 0 radical (unpaired) electrons. The molecule has 1 fully saturated rings. The third-order valence-corrected chi connectivity index (χ3v) is 4.19. The highest BCUT2D eigenvalue weighted by Gasteiger charge is 2.44. The fourth-order valence-electron chi connectivity index (χ4n) is 2.41. The first-order valence-corrected chi connectivity index (χ1v) is 6.62. The van der Waals surface area contributed by atoms with Crippen molar-refractivity contribution in [1.82, 2.24) is 5.43 Å². The van der Waals surface area contributed by atoms with Crippen molar-refractivity contribution in [3.8, 4) is 0 Å². The summed E-state index contributed by atoms with van der Waals surface area (Å²) in [6, 6.07) is 0.541. The predicted octanol–water partition coefficient (Wildman–Crippen LogP) is 3.22. The Bertz CT molecular complexity index is 175. The number of nitrogens with two attached hydrogens (primary N) is 1. The second kappa shape index (κ2) is 5.86. The van der Waals surface area contributed by atoms with Crippen LogP contribution in [0.1, 0.15) is 65.7 Å². The molecule has 0 aromatic carbocycles. The van der Waals surface area contributed by atoms with Crippen LogP contribution in [0, 0.1) is 11.3 Å². The molecule has 2 atom stereocenters. The quantitative estimate of drug-likeness (QED) is 0.479. The van der Waals surface area contributed by atoms with Crippen molar-refractivity contribution in [1.29, 1.82) is 0 Å². The lowest BCUT2D eigenvalue weighted by Crippen LogP contribution is -2.42. The summed E-state index contributed by atoms with van der Waals surface area (Å²) in [6.07, 6.45) is 9.33. The van der Waals surface area contributed by atoms with Crippen molar-refractivity contribution in [3.63, 3.8) is 0 Å². The van der Waals surface area contributed by atoms with E-state index in [1.165, 1.54) is 44.9 Å².